The van der Waals surface area contributed by atoms with Gasteiger partial charge in [-0.15, -0.1) is 22.7 Å². The minimum Gasteiger partial charge on any atom is -0.491 e. The predicted molar refractivity (Wildman–Crippen MR) is 102 cm³/mol. The van der Waals surface area contributed by atoms with E-state index in [4.69, 9.17) is 4.74 Å². The van der Waals surface area contributed by atoms with Crippen LogP contribution in [0.15, 0.2) is 53.4 Å². The molecule has 0 radical (unpaired) electrons. The van der Waals surface area contributed by atoms with Crippen molar-refractivity contribution in [1.29, 1.82) is 0 Å². The third-order valence-electron chi connectivity index (χ3n) is 3.58. The van der Waals surface area contributed by atoms with Crippen molar-refractivity contribution in [2.45, 2.75) is 39.0 Å². The highest BCUT2D eigenvalue weighted by Crippen LogP contribution is 2.23. The van der Waals surface area contributed by atoms with Crippen LogP contribution in [0, 0.1) is 0 Å². The number of thiophene rings is 1. The second-order valence-electron chi connectivity index (χ2n) is 5.90. The van der Waals surface area contributed by atoms with Crippen molar-refractivity contribution in [3.05, 3.63) is 68.8 Å². The number of hydrogen-bond donors (Lipinski definition) is 1. The molecule has 2 aromatic heterocycles. The highest BCUT2D eigenvalue weighted by molar-refractivity contribution is 7.10. The van der Waals surface area contributed by atoms with Gasteiger partial charge in [-0.25, -0.2) is 4.98 Å². The lowest BCUT2D eigenvalue weighted by atomic mass is 10.1. The Morgan fingerprint density at radius 3 is 2.54 bits per heavy atom. The summed E-state index contributed by atoms with van der Waals surface area (Å²) < 4.78 is 5.70. The highest BCUT2D eigenvalue weighted by Gasteiger charge is 2.15. The minimum atomic E-state index is 0.203. The quantitative estimate of drug-likeness (QED) is 0.611. The van der Waals surface area contributed by atoms with Gasteiger partial charge in [0.1, 0.15) is 10.8 Å². The van der Waals surface area contributed by atoms with Gasteiger partial charge in [0.15, 0.2) is 0 Å². The van der Waals surface area contributed by atoms with Crippen LogP contribution in [0.3, 0.4) is 0 Å². The van der Waals surface area contributed by atoms with Gasteiger partial charge in [-0.05, 0) is 43.0 Å². The van der Waals surface area contributed by atoms with Crippen molar-refractivity contribution in [1.82, 2.24) is 10.3 Å². The van der Waals surface area contributed by atoms with Gasteiger partial charge in [0, 0.05) is 29.4 Å². The highest BCUT2D eigenvalue weighted by atomic mass is 32.1. The van der Waals surface area contributed by atoms with Crippen LogP contribution >= 0.6 is 22.7 Å². The predicted octanol–water partition coefficient (Wildman–Crippen LogP) is 5.07. The van der Waals surface area contributed by atoms with E-state index in [2.05, 4.69) is 39.9 Å². The summed E-state index contributed by atoms with van der Waals surface area (Å²) in [5, 5.41) is 8.96. The van der Waals surface area contributed by atoms with Crippen molar-refractivity contribution in [3.63, 3.8) is 0 Å². The van der Waals surface area contributed by atoms with E-state index in [0.717, 1.165) is 23.7 Å². The number of benzene rings is 1. The van der Waals surface area contributed by atoms with Crippen LogP contribution in [0.4, 0.5) is 0 Å². The van der Waals surface area contributed by atoms with Gasteiger partial charge in [0.25, 0.3) is 0 Å². The summed E-state index contributed by atoms with van der Waals surface area (Å²) in [6.45, 7) is 4.90. The summed E-state index contributed by atoms with van der Waals surface area (Å²) >= 11 is 3.51. The minimum absolute atomic E-state index is 0.203. The lowest BCUT2D eigenvalue weighted by molar-refractivity contribution is 0.242. The summed E-state index contributed by atoms with van der Waals surface area (Å²) in [6.07, 6.45) is 3.05. The summed E-state index contributed by atoms with van der Waals surface area (Å²) in [5.41, 5.74) is 1.25. The molecule has 5 heteroatoms. The van der Waals surface area contributed by atoms with E-state index in [9.17, 15) is 0 Å². The molecule has 24 heavy (non-hydrogen) atoms. The van der Waals surface area contributed by atoms with Gasteiger partial charge in [0.05, 0.1) is 12.1 Å². The number of ether oxygens (including phenoxy) is 1. The van der Waals surface area contributed by atoms with Crippen LogP contribution in [-0.2, 0) is 13.0 Å². The number of nitrogens with one attached hydrogen (secondary N) is 1. The zero-order valence-electron chi connectivity index (χ0n) is 13.9. The fourth-order valence-corrected chi connectivity index (χ4v) is 3.95. The van der Waals surface area contributed by atoms with Crippen molar-refractivity contribution >= 4 is 22.7 Å². The zero-order chi connectivity index (χ0) is 16.8. The Hall–Kier alpha value is -1.69. The summed E-state index contributed by atoms with van der Waals surface area (Å²) in [4.78, 5) is 5.87. The van der Waals surface area contributed by atoms with Crippen molar-refractivity contribution in [2.24, 2.45) is 0 Å². The number of thiazole rings is 1. The molecule has 0 aliphatic carbocycles. The standard InChI is InChI=1S/C19H22N2OS2/c1-14(2)22-16-7-5-15(6-8-16)13-21-18(19-20-9-11-24-19)12-17-4-3-10-23-17/h3-11,14,18,21H,12-13H2,1-2H3/t18-/m1/s1. The average Bonchev–Trinajstić information content (AvgIpc) is 3.26. The van der Waals surface area contributed by atoms with Gasteiger partial charge in [0.2, 0.25) is 0 Å². The molecule has 3 aromatic rings. The molecule has 3 nitrogen and oxygen atoms in total. The number of rotatable bonds is 8. The van der Waals surface area contributed by atoms with Crippen LogP contribution in [0.5, 0.6) is 5.75 Å². The Bertz CT molecular complexity index is 706. The third kappa shape index (κ3) is 4.90. The molecule has 0 fully saturated rings. The second-order valence-corrected chi connectivity index (χ2v) is 7.86. The van der Waals surface area contributed by atoms with E-state index in [1.807, 2.05) is 37.6 Å². The number of aromatic nitrogens is 1. The van der Waals surface area contributed by atoms with Crippen LogP contribution in [0.25, 0.3) is 0 Å². The average molecular weight is 359 g/mol. The van der Waals surface area contributed by atoms with Crippen LogP contribution < -0.4 is 10.1 Å². The molecule has 0 bridgehead atoms. The van der Waals surface area contributed by atoms with Gasteiger partial charge < -0.3 is 10.1 Å². The van der Waals surface area contributed by atoms with Crippen molar-refractivity contribution in [3.8, 4) is 5.75 Å². The molecule has 0 saturated carbocycles. The first kappa shape index (κ1) is 17.1. The molecule has 2 heterocycles. The molecular formula is C19H22N2OS2. The monoisotopic (exact) mass is 358 g/mol. The Balaban J connectivity index is 1.63. The van der Waals surface area contributed by atoms with Gasteiger partial charge in [-0.3, -0.25) is 0 Å². The van der Waals surface area contributed by atoms with E-state index in [-0.39, 0.29) is 12.1 Å². The van der Waals surface area contributed by atoms with E-state index in [1.165, 1.54) is 10.4 Å². The first-order valence-electron chi connectivity index (χ1n) is 8.11. The molecule has 126 valence electrons. The summed E-state index contributed by atoms with van der Waals surface area (Å²) in [5.74, 6) is 0.920. The van der Waals surface area contributed by atoms with Gasteiger partial charge >= 0.3 is 0 Å². The lowest BCUT2D eigenvalue weighted by Crippen LogP contribution is -2.22. The van der Waals surface area contributed by atoms with E-state index in [1.54, 1.807) is 22.7 Å². The second kappa shape index (κ2) is 8.42. The molecule has 1 N–H and O–H groups in total. The molecule has 0 saturated heterocycles. The molecule has 0 spiro atoms. The first-order valence-corrected chi connectivity index (χ1v) is 9.87. The topological polar surface area (TPSA) is 34.1 Å². The van der Waals surface area contributed by atoms with Crippen molar-refractivity contribution < 1.29 is 4.74 Å². The van der Waals surface area contributed by atoms with Crippen LogP contribution in [0.2, 0.25) is 0 Å². The Morgan fingerprint density at radius 1 is 1.08 bits per heavy atom. The Kier molecular flexibility index (Phi) is 6.01. The van der Waals surface area contributed by atoms with Crippen LogP contribution in [-0.4, -0.2) is 11.1 Å². The fourth-order valence-electron chi connectivity index (χ4n) is 2.48. The molecule has 1 aromatic carbocycles. The molecule has 0 aliphatic heterocycles. The normalized spacial score (nSPS) is 12.5. The maximum atomic E-state index is 5.70. The number of hydrogen-bond acceptors (Lipinski definition) is 5. The molecule has 0 unspecified atom stereocenters. The van der Waals surface area contributed by atoms with Gasteiger partial charge in [-0.1, -0.05) is 18.2 Å². The SMILES string of the molecule is CC(C)Oc1ccc(CN[C@H](Cc2cccs2)c2nccs2)cc1. The maximum Gasteiger partial charge on any atom is 0.119 e. The number of nitrogens with zero attached hydrogens (tertiary/aromatic N) is 1. The summed E-state index contributed by atoms with van der Waals surface area (Å²) in [6, 6.07) is 12.8. The summed E-state index contributed by atoms with van der Waals surface area (Å²) in [7, 11) is 0. The van der Waals surface area contributed by atoms with E-state index < -0.39 is 0 Å². The fraction of sp³-hybridized carbons (Fsp3) is 0.316. The molecule has 1 atom stereocenters. The Morgan fingerprint density at radius 2 is 1.92 bits per heavy atom. The molecule has 0 amide bonds. The molecule has 3 rings (SSSR count). The lowest BCUT2D eigenvalue weighted by Gasteiger charge is -2.16. The molecular weight excluding hydrogens is 336 g/mol. The smallest absolute Gasteiger partial charge is 0.119 e. The first-order chi connectivity index (χ1) is 11.7. The van der Waals surface area contributed by atoms with E-state index in [0.29, 0.717) is 0 Å². The van der Waals surface area contributed by atoms with Crippen molar-refractivity contribution in [2.75, 3.05) is 0 Å². The van der Waals surface area contributed by atoms with Gasteiger partial charge in [-0.2, -0.15) is 0 Å². The Labute approximate surface area is 151 Å². The molecule has 0 aliphatic rings. The zero-order valence-corrected chi connectivity index (χ0v) is 15.6. The largest absolute Gasteiger partial charge is 0.491 e. The maximum absolute atomic E-state index is 5.70. The van der Waals surface area contributed by atoms with E-state index >= 15 is 0 Å². The van der Waals surface area contributed by atoms with Crippen LogP contribution in [0.1, 0.15) is 35.3 Å². The third-order valence-corrected chi connectivity index (χ3v) is 5.37.